The Morgan fingerprint density at radius 3 is 2.62 bits per heavy atom. The monoisotopic (exact) mass is 350 g/mol. The van der Waals surface area contributed by atoms with Gasteiger partial charge in [-0.2, -0.15) is 0 Å². The number of rotatable bonds is 4. The molecule has 6 nitrogen and oxygen atoms in total. The second kappa shape index (κ2) is 7.17. The molecular formula is C20H22N4O2. The number of fused-ring (bicyclic) bond motifs is 1. The Labute approximate surface area is 152 Å². The molecule has 0 spiro atoms. The third-order valence-electron chi connectivity index (χ3n) is 4.79. The van der Waals surface area contributed by atoms with Crippen molar-refractivity contribution in [1.82, 2.24) is 19.8 Å². The van der Waals surface area contributed by atoms with Crippen LogP contribution in [0.4, 0.5) is 0 Å². The van der Waals surface area contributed by atoms with Crippen LogP contribution < -0.4 is 4.74 Å². The van der Waals surface area contributed by atoms with Gasteiger partial charge in [-0.3, -0.25) is 9.69 Å². The second-order valence-electron chi connectivity index (χ2n) is 6.50. The molecule has 4 rings (SSSR count). The van der Waals surface area contributed by atoms with Crippen LogP contribution >= 0.6 is 0 Å². The van der Waals surface area contributed by atoms with Gasteiger partial charge in [-0.1, -0.05) is 18.2 Å². The van der Waals surface area contributed by atoms with Crippen molar-refractivity contribution in [3.63, 3.8) is 0 Å². The van der Waals surface area contributed by atoms with E-state index >= 15 is 0 Å². The largest absolute Gasteiger partial charge is 0.497 e. The van der Waals surface area contributed by atoms with Gasteiger partial charge in [-0.25, -0.2) is 4.98 Å². The average molecular weight is 350 g/mol. The molecule has 1 aliphatic heterocycles. The number of aromatic nitrogens is 2. The van der Waals surface area contributed by atoms with Crippen LogP contribution in [0.15, 0.2) is 48.5 Å². The van der Waals surface area contributed by atoms with Gasteiger partial charge in [0, 0.05) is 37.8 Å². The number of H-pyrrole nitrogens is 1. The minimum Gasteiger partial charge on any atom is -0.497 e. The smallest absolute Gasteiger partial charge is 0.253 e. The molecule has 0 atom stereocenters. The first-order valence-electron chi connectivity index (χ1n) is 8.82. The van der Waals surface area contributed by atoms with Gasteiger partial charge in [-0.15, -0.1) is 0 Å². The number of imidazole rings is 1. The Morgan fingerprint density at radius 2 is 1.88 bits per heavy atom. The van der Waals surface area contributed by atoms with Crippen molar-refractivity contribution in [2.45, 2.75) is 6.54 Å². The minimum atomic E-state index is 0.112. The maximum atomic E-state index is 12.5. The highest BCUT2D eigenvalue weighted by molar-refractivity contribution is 5.94. The van der Waals surface area contributed by atoms with Crippen LogP contribution in [0.1, 0.15) is 16.2 Å². The Balaban J connectivity index is 1.37. The maximum Gasteiger partial charge on any atom is 0.253 e. The summed E-state index contributed by atoms with van der Waals surface area (Å²) in [6.07, 6.45) is 0. The molecule has 0 saturated carbocycles. The van der Waals surface area contributed by atoms with Crippen LogP contribution in [0.25, 0.3) is 11.0 Å². The number of aromatic amines is 1. The van der Waals surface area contributed by atoms with E-state index in [9.17, 15) is 4.79 Å². The van der Waals surface area contributed by atoms with Crippen molar-refractivity contribution < 1.29 is 9.53 Å². The molecule has 2 heterocycles. The first kappa shape index (κ1) is 16.6. The number of carbonyl (C=O) groups is 1. The number of methoxy groups -OCH3 is 1. The van der Waals surface area contributed by atoms with E-state index in [1.165, 1.54) is 0 Å². The van der Waals surface area contributed by atoms with Crippen LogP contribution in [0.5, 0.6) is 5.75 Å². The lowest BCUT2D eigenvalue weighted by atomic mass is 10.2. The molecule has 1 aliphatic rings. The topological polar surface area (TPSA) is 61.5 Å². The molecule has 6 heteroatoms. The molecule has 0 radical (unpaired) electrons. The molecule has 134 valence electrons. The summed E-state index contributed by atoms with van der Waals surface area (Å²) in [7, 11) is 1.66. The SMILES string of the molecule is COc1ccc2nc(CN3CCN(C(=O)c4ccccc4)CC3)[nH]c2c1. The summed E-state index contributed by atoms with van der Waals surface area (Å²) in [5, 5.41) is 0. The number of nitrogens with zero attached hydrogens (tertiary/aromatic N) is 3. The Hall–Kier alpha value is -2.86. The standard InChI is InChI=1S/C20H22N4O2/c1-26-16-7-8-17-18(13-16)22-19(21-17)14-23-9-11-24(12-10-23)20(25)15-5-3-2-4-6-15/h2-8,13H,9-12,14H2,1H3,(H,21,22). The van der Waals surface area contributed by atoms with E-state index in [1.807, 2.05) is 53.4 Å². The van der Waals surface area contributed by atoms with Gasteiger partial charge in [0.15, 0.2) is 0 Å². The molecule has 1 N–H and O–H groups in total. The summed E-state index contributed by atoms with van der Waals surface area (Å²) >= 11 is 0. The highest BCUT2D eigenvalue weighted by Gasteiger charge is 2.22. The molecule has 2 aromatic carbocycles. The van der Waals surface area contributed by atoms with E-state index in [4.69, 9.17) is 4.74 Å². The third kappa shape index (κ3) is 3.41. The minimum absolute atomic E-state index is 0.112. The van der Waals surface area contributed by atoms with Crippen LogP contribution in [-0.4, -0.2) is 59.0 Å². The van der Waals surface area contributed by atoms with Gasteiger partial charge < -0.3 is 14.6 Å². The Kier molecular flexibility index (Phi) is 4.58. The fourth-order valence-corrected chi connectivity index (χ4v) is 3.33. The molecule has 1 fully saturated rings. The highest BCUT2D eigenvalue weighted by Crippen LogP contribution is 2.19. The van der Waals surface area contributed by atoms with Gasteiger partial charge >= 0.3 is 0 Å². The number of hydrogen-bond donors (Lipinski definition) is 1. The van der Waals surface area contributed by atoms with Crippen molar-refractivity contribution in [1.29, 1.82) is 0 Å². The van der Waals surface area contributed by atoms with Crippen molar-refractivity contribution in [3.05, 3.63) is 59.9 Å². The molecular weight excluding hydrogens is 328 g/mol. The summed E-state index contributed by atoms with van der Waals surface area (Å²) in [5.74, 6) is 1.87. The fraction of sp³-hybridized carbons (Fsp3) is 0.300. The number of benzene rings is 2. The van der Waals surface area contributed by atoms with Crippen molar-refractivity contribution in [2.24, 2.45) is 0 Å². The van der Waals surface area contributed by atoms with Gasteiger partial charge in [0.1, 0.15) is 11.6 Å². The summed E-state index contributed by atoms with van der Waals surface area (Å²) in [5.41, 5.74) is 2.68. The molecule has 0 unspecified atom stereocenters. The highest BCUT2D eigenvalue weighted by atomic mass is 16.5. The lowest BCUT2D eigenvalue weighted by Crippen LogP contribution is -2.48. The third-order valence-corrected chi connectivity index (χ3v) is 4.79. The van der Waals surface area contributed by atoms with E-state index in [2.05, 4.69) is 14.9 Å². The number of hydrogen-bond acceptors (Lipinski definition) is 4. The first-order valence-corrected chi connectivity index (χ1v) is 8.82. The van der Waals surface area contributed by atoms with E-state index in [-0.39, 0.29) is 5.91 Å². The van der Waals surface area contributed by atoms with Crippen LogP contribution in [0.2, 0.25) is 0 Å². The van der Waals surface area contributed by atoms with E-state index in [1.54, 1.807) is 7.11 Å². The van der Waals surface area contributed by atoms with Crippen molar-refractivity contribution in [2.75, 3.05) is 33.3 Å². The van der Waals surface area contributed by atoms with Gasteiger partial charge in [0.05, 0.1) is 24.7 Å². The van der Waals surface area contributed by atoms with E-state index in [0.29, 0.717) is 0 Å². The molecule has 3 aromatic rings. The van der Waals surface area contributed by atoms with E-state index in [0.717, 1.165) is 60.9 Å². The summed E-state index contributed by atoms with van der Waals surface area (Å²) in [6.45, 7) is 3.92. The molecule has 1 saturated heterocycles. The van der Waals surface area contributed by atoms with Crippen LogP contribution in [-0.2, 0) is 6.54 Å². The predicted octanol–water partition coefficient (Wildman–Crippen LogP) is 2.53. The van der Waals surface area contributed by atoms with Crippen molar-refractivity contribution in [3.8, 4) is 5.75 Å². The molecule has 0 bridgehead atoms. The number of carbonyl (C=O) groups excluding carboxylic acids is 1. The van der Waals surface area contributed by atoms with Gasteiger partial charge in [-0.05, 0) is 24.3 Å². The van der Waals surface area contributed by atoms with E-state index < -0.39 is 0 Å². The molecule has 26 heavy (non-hydrogen) atoms. The number of nitrogens with one attached hydrogen (secondary N) is 1. The van der Waals surface area contributed by atoms with Gasteiger partial charge in [0.25, 0.3) is 5.91 Å². The zero-order valence-electron chi connectivity index (χ0n) is 14.8. The lowest BCUT2D eigenvalue weighted by Gasteiger charge is -2.34. The number of amides is 1. The lowest BCUT2D eigenvalue weighted by molar-refractivity contribution is 0.0626. The zero-order chi connectivity index (χ0) is 17.9. The quantitative estimate of drug-likeness (QED) is 0.785. The first-order chi connectivity index (χ1) is 12.7. The molecule has 0 aliphatic carbocycles. The summed E-state index contributed by atoms with van der Waals surface area (Å²) in [6, 6.07) is 15.3. The predicted molar refractivity (Wildman–Crippen MR) is 100 cm³/mol. The second-order valence-corrected chi connectivity index (χ2v) is 6.50. The average Bonchev–Trinajstić information content (AvgIpc) is 3.10. The van der Waals surface area contributed by atoms with Crippen LogP contribution in [0.3, 0.4) is 0 Å². The summed E-state index contributed by atoms with van der Waals surface area (Å²) < 4.78 is 5.26. The zero-order valence-corrected chi connectivity index (χ0v) is 14.8. The maximum absolute atomic E-state index is 12.5. The number of piperazine rings is 1. The fourth-order valence-electron chi connectivity index (χ4n) is 3.33. The van der Waals surface area contributed by atoms with Crippen LogP contribution in [0, 0.1) is 0 Å². The summed E-state index contributed by atoms with van der Waals surface area (Å²) in [4.78, 5) is 24.8. The normalized spacial score (nSPS) is 15.3. The van der Waals surface area contributed by atoms with Crippen molar-refractivity contribution >= 4 is 16.9 Å². The molecule has 1 amide bonds. The Bertz CT molecular complexity index is 899. The molecule has 1 aromatic heterocycles. The Morgan fingerprint density at radius 1 is 1.12 bits per heavy atom. The number of ether oxygens (including phenoxy) is 1. The van der Waals surface area contributed by atoms with Gasteiger partial charge in [0.2, 0.25) is 0 Å².